The quantitative estimate of drug-likeness (QED) is 0.805. The van der Waals surface area contributed by atoms with Crippen molar-refractivity contribution in [3.8, 4) is 11.5 Å². The number of fused-ring (bicyclic) bond motifs is 1. The molecule has 0 bridgehead atoms. The second-order valence-corrected chi connectivity index (χ2v) is 5.91. The molecule has 0 saturated carbocycles. The Morgan fingerprint density at radius 3 is 2.67 bits per heavy atom. The highest BCUT2D eigenvalue weighted by Crippen LogP contribution is 2.32. The van der Waals surface area contributed by atoms with Crippen LogP contribution in [0.1, 0.15) is 20.3 Å². The number of nitrogens with one attached hydrogen (secondary N) is 2. The summed E-state index contributed by atoms with van der Waals surface area (Å²) in [6, 6.07) is 4.47. The van der Waals surface area contributed by atoms with Crippen molar-refractivity contribution in [1.29, 1.82) is 0 Å². The summed E-state index contributed by atoms with van der Waals surface area (Å²) in [5.41, 5.74) is -0.441. The number of nitrogens with zero attached hydrogens (tertiary/aromatic N) is 1. The maximum absolute atomic E-state index is 12.3. The van der Waals surface area contributed by atoms with Crippen molar-refractivity contribution < 1.29 is 23.9 Å². The van der Waals surface area contributed by atoms with Crippen LogP contribution < -0.4 is 20.1 Å². The van der Waals surface area contributed by atoms with Gasteiger partial charge in [0.05, 0.1) is 0 Å². The van der Waals surface area contributed by atoms with Gasteiger partial charge in [-0.05, 0) is 25.5 Å². The molecule has 1 aromatic rings. The van der Waals surface area contributed by atoms with Crippen molar-refractivity contribution in [3.63, 3.8) is 0 Å². The standard InChI is InChI=1S/C16H19N3O5/c1-3-16(2)14(21)19(15(22)18-16)9-13(20)17-10-4-5-11-12(8-10)24-7-6-23-11/h4-5,8H,3,6-7,9H2,1-2H3,(H,17,20)(H,18,22)/t16-/m1/s1. The summed E-state index contributed by atoms with van der Waals surface area (Å²) in [6.07, 6.45) is 0.456. The van der Waals surface area contributed by atoms with Gasteiger partial charge in [0, 0.05) is 11.8 Å². The lowest BCUT2D eigenvalue weighted by Crippen LogP contribution is -2.44. The monoisotopic (exact) mass is 333 g/mol. The molecule has 1 atom stereocenters. The van der Waals surface area contributed by atoms with E-state index in [0.717, 1.165) is 4.90 Å². The Bertz CT molecular complexity index is 705. The first-order chi connectivity index (χ1) is 11.4. The predicted molar refractivity (Wildman–Crippen MR) is 85.0 cm³/mol. The lowest BCUT2D eigenvalue weighted by Gasteiger charge is -2.20. The zero-order chi connectivity index (χ0) is 17.3. The van der Waals surface area contributed by atoms with Gasteiger partial charge in [-0.25, -0.2) is 4.79 Å². The third kappa shape index (κ3) is 2.86. The fourth-order valence-electron chi connectivity index (χ4n) is 2.60. The molecule has 2 N–H and O–H groups in total. The zero-order valence-electron chi connectivity index (χ0n) is 13.5. The first kappa shape index (κ1) is 16.1. The average Bonchev–Trinajstić information content (AvgIpc) is 2.78. The van der Waals surface area contributed by atoms with Crippen LogP contribution >= 0.6 is 0 Å². The van der Waals surface area contributed by atoms with E-state index in [1.807, 2.05) is 0 Å². The summed E-state index contributed by atoms with van der Waals surface area (Å²) in [4.78, 5) is 37.3. The molecular weight excluding hydrogens is 314 g/mol. The number of rotatable bonds is 4. The molecule has 8 heteroatoms. The molecule has 1 saturated heterocycles. The van der Waals surface area contributed by atoms with E-state index in [2.05, 4.69) is 10.6 Å². The first-order valence-electron chi connectivity index (χ1n) is 7.76. The topological polar surface area (TPSA) is 97.0 Å². The van der Waals surface area contributed by atoms with Crippen molar-refractivity contribution in [1.82, 2.24) is 10.2 Å². The predicted octanol–water partition coefficient (Wildman–Crippen LogP) is 1.12. The van der Waals surface area contributed by atoms with E-state index >= 15 is 0 Å². The third-order valence-corrected chi connectivity index (χ3v) is 4.18. The van der Waals surface area contributed by atoms with Crippen molar-refractivity contribution in [2.75, 3.05) is 25.1 Å². The number of carbonyl (C=O) groups is 3. The number of imide groups is 1. The van der Waals surface area contributed by atoms with E-state index in [0.29, 0.717) is 36.8 Å². The van der Waals surface area contributed by atoms with Crippen LogP contribution in [0.3, 0.4) is 0 Å². The van der Waals surface area contributed by atoms with Crippen LogP contribution in [0.4, 0.5) is 10.5 Å². The van der Waals surface area contributed by atoms with Crippen LogP contribution in [-0.2, 0) is 9.59 Å². The average molecular weight is 333 g/mol. The Hall–Kier alpha value is -2.77. The minimum atomic E-state index is -0.950. The Kier molecular flexibility index (Phi) is 4.04. The number of urea groups is 1. The SMILES string of the molecule is CC[C@@]1(C)NC(=O)N(CC(=O)Nc2ccc3c(c2)OCCO3)C1=O. The van der Waals surface area contributed by atoms with Gasteiger partial charge in [0.25, 0.3) is 5.91 Å². The van der Waals surface area contributed by atoms with Crippen molar-refractivity contribution in [2.45, 2.75) is 25.8 Å². The molecule has 1 fully saturated rings. The number of amides is 4. The first-order valence-corrected chi connectivity index (χ1v) is 7.76. The molecular formula is C16H19N3O5. The summed E-state index contributed by atoms with van der Waals surface area (Å²) in [5.74, 6) is 0.308. The van der Waals surface area contributed by atoms with Crippen molar-refractivity contribution in [3.05, 3.63) is 18.2 Å². The maximum atomic E-state index is 12.3. The molecule has 3 rings (SSSR count). The summed E-state index contributed by atoms with van der Waals surface area (Å²) in [5, 5.41) is 5.27. The Morgan fingerprint density at radius 1 is 1.29 bits per heavy atom. The fourth-order valence-corrected chi connectivity index (χ4v) is 2.60. The molecule has 2 heterocycles. The smallest absolute Gasteiger partial charge is 0.325 e. The van der Waals surface area contributed by atoms with E-state index in [4.69, 9.17) is 9.47 Å². The Labute approximate surface area is 139 Å². The summed E-state index contributed by atoms with van der Waals surface area (Å²) in [7, 11) is 0. The van der Waals surface area contributed by atoms with Crippen molar-refractivity contribution >= 4 is 23.5 Å². The number of ether oxygens (including phenoxy) is 2. The summed E-state index contributed by atoms with van der Waals surface area (Å²) < 4.78 is 10.9. The van der Waals surface area contributed by atoms with Gasteiger partial charge in [0.1, 0.15) is 25.3 Å². The van der Waals surface area contributed by atoms with Crippen LogP contribution in [0.15, 0.2) is 18.2 Å². The zero-order valence-corrected chi connectivity index (χ0v) is 13.5. The molecule has 128 valence electrons. The molecule has 0 aliphatic carbocycles. The minimum Gasteiger partial charge on any atom is -0.486 e. The highest BCUT2D eigenvalue weighted by molar-refractivity contribution is 6.09. The van der Waals surface area contributed by atoms with Crippen LogP contribution in [0.25, 0.3) is 0 Å². The lowest BCUT2D eigenvalue weighted by atomic mass is 9.99. The van der Waals surface area contributed by atoms with Crippen LogP contribution in [0.2, 0.25) is 0 Å². The van der Waals surface area contributed by atoms with Gasteiger partial charge in [-0.1, -0.05) is 6.92 Å². The summed E-state index contributed by atoms with van der Waals surface area (Å²) >= 11 is 0. The fraction of sp³-hybridized carbons (Fsp3) is 0.438. The van der Waals surface area contributed by atoms with Gasteiger partial charge in [-0.15, -0.1) is 0 Å². The van der Waals surface area contributed by atoms with Gasteiger partial charge in [0.15, 0.2) is 11.5 Å². The molecule has 0 spiro atoms. The molecule has 2 aliphatic rings. The second kappa shape index (κ2) is 6.03. The lowest BCUT2D eigenvalue weighted by molar-refractivity contribution is -0.133. The minimum absolute atomic E-state index is 0.339. The molecule has 0 aromatic heterocycles. The van der Waals surface area contributed by atoms with E-state index in [1.54, 1.807) is 32.0 Å². The van der Waals surface area contributed by atoms with E-state index in [1.165, 1.54) is 0 Å². The van der Waals surface area contributed by atoms with Gasteiger partial charge in [0.2, 0.25) is 5.91 Å². The van der Waals surface area contributed by atoms with Gasteiger partial charge in [-0.2, -0.15) is 0 Å². The highest BCUT2D eigenvalue weighted by atomic mass is 16.6. The number of anilines is 1. The van der Waals surface area contributed by atoms with Crippen LogP contribution in [-0.4, -0.2) is 48.0 Å². The normalized spacial score (nSPS) is 22.3. The third-order valence-electron chi connectivity index (χ3n) is 4.18. The molecule has 4 amide bonds. The second-order valence-electron chi connectivity index (χ2n) is 5.91. The van der Waals surface area contributed by atoms with E-state index in [9.17, 15) is 14.4 Å². The largest absolute Gasteiger partial charge is 0.486 e. The summed E-state index contributed by atoms with van der Waals surface area (Å²) in [6.45, 7) is 4.04. The van der Waals surface area contributed by atoms with Gasteiger partial charge < -0.3 is 20.1 Å². The van der Waals surface area contributed by atoms with Crippen LogP contribution in [0.5, 0.6) is 11.5 Å². The number of carbonyl (C=O) groups excluding carboxylic acids is 3. The number of hydrogen-bond donors (Lipinski definition) is 2. The molecule has 0 unspecified atom stereocenters. The molecule has 0 radical (unpaired) electrons. The molecule has 8 nitrogen and oxygen atoms in total. The van der Waals surface area contributed by atoms with Crippen LogP contribution in [0, 0.1) is 0 Å². The maximum Gasteiger partial charge on any atom is 0.325 e. The van der Waals surface area contributed by atoms with E-state index in [-0.39, 0.29) is 6.54 Å². The molecule has 1 aromatic carbocycles. The number of hydrogen-bond acceptors (Lipinski definition) is 5. The van der Waals surface area contributed by atoms with Crippen molar-refractivity contribution in [2.24, 2.45) is 0 Å². The number of benzene rings is 1. The van der Waals surface area contributed by atoms with Gasteiger partial charge >= 0.3 is 6.03 Å². The molecule has 2 aliphatic heterocycles. The highest BCUT2D eigenvalue weighted by Gasteiger charge is 2.46. The molecule has 24 heavy (non-hydrogen) atoms. The Morgan fingerprint density at radius 2 is 2.00 bits per heavy atom. The van der Waals surface area contributed by atoms with E-state index < -0.39 is 23.4 Å². The Balaban J connectivity index is 1.66. The van der Waals surface area contributed by atoms with Gasteiger partial charge in [-0.3, -0.25) is 14.5 Å².